The van der Waals surface area contributed by atoms with Gasteiger partial charge in [-0.25, -0.2) is 0 Å². The van der Waals surface area contributed by atoms with Crippen molar-refractivity contribution in [3.63, 3.8) is 0 Å². The Hall–Kier alpha value is 0.503. The number of hydrogen-bond donors (Lipinski definition) is 0. The summed E-state index contributed by atoms with van der Waals surface area (Å²) in [4.78, 5) is 0. The quantitative estimate of drug-likeness (QED) is 0.438. The van der Waals surface area contributed by atoms with Gasteiger partial charge in [0.2, 0.25) is 0 Å². The predicted molar refractivity (Wildman–Crippen MR) is 4.56 cm³/mol. The van der Waals surface area contributed by atoms with E-state index in [0.717, 1.165) is 0 Å². The van der Waals surface area contributed by atoms with Crippen LogP contribution in [0.1, 0.15) is 0 Å². The van der Waals surface area contributed by atoms with Crippen molar-refractivity contribution in [3.8, 4) is 0 Å². The van der Waals surface area contributed by atoms with E-state index in [2.05, 4.69) is 0 Å². The molecule has 0 fully saturated rings. The van der Waals surface area contributed by atoms with Gasteiger partial charge in [-0.2, -0.15) is 0 Å². The largest absolute Gasteiger partial charge is 4.00 e. The monoisotopic (exact) mass is 152 g/mol. The van der Waals surface area contributed by atoms with E-state index in [0.29, 0.717) is 0 Å². The average Bonchev–Trinajstić information content (AvgIpc) is 0. The Balaban J connectivity index is 0. The van der Waals surface area contributed by atoms with Gasteiger partial charge in [0.05, 0.1) is 0 Å². The molecule has 0 aliphatic heterocycles. The second-order valence-corrected chi connectivity index (χ2v) is 0. The van der Waals surface area contributed by atoms with Gasteiger partial charge in [0, 0.05) is 0 Å². The maximum Gasteiger partial charge on any atom is 4.00 e. The Kier molecular flexibility index (Phi) is 4730. The van der Waals surface area contributed by atoms with Crippen molar-refractivity contribution in [1.29, 1.82) is 0 Å². The summed E-state index contributed by atoms with van der Waals surface area (Å²) < 4.78 is 0. The standard InChI is InChI=1S/2H2O.O.Ru/h2*1H2;;/q;;-2;+4/p-2. The first-order valence-electron chi connectivity index (χ1n) is 0. The van der Waals surface area contributed by atoms with Gasteiger partial charge in [-0.15, -0.1) is 0 Å². The van der Waals surface area contributed by atoms with Crippen LogP contribution in [-0.2, 0) is 25.0 Å². The van der Waals surface area contributed by atoms with Crippen molar-refractivity contribution < 1.29 is 35.9 Å². The van der Waals surface area contributed by atoms with E-state index in [-0.39, 0.29) is 35.9 Å². The molecule has 0 saturated carbocycles. The smallest absolute Gasteiger partial charge is 2.00 e. The molecule has 0 radical (unpaired) electrons. The summed E-state index contributed by atoms with van der Waals surface area (Å²) in [6, 6.07) is 0. The van der Waals surface area contributed by atoms with Gasteiger partial charge in [0.25, 0.3) is 0 Å². The van der Waals surface area contributed by atoms with Crippen LogP contribution < -0.4 is 0 Å². The summed E-state index contributed by atoms with van der Waals surface area (Å²) >= 11 is 0. The molecule has 0 saturated heterocycles. The molecule has 4 heavy (non-hydrogen) atoms. The molecule has 0 atom stereocenters. The van der Waals surface area contributed by atoms with Gasteiger partial charge in [0.1, 0.15) is 0 Å². The van der Waals surface area contributed by atoms with Gasteiger partial charge in [-0.05, 0) is 0 Å². The van der Waals surface area contributed by atoms with Crippen molar-refractivity contribution in [3.05, 3.63) is 0 Å². The molecule has 0 aromatic heterocycles. The van der Waals surface area contributed by atoms with Crippen molar-refractivity contribution in [2.24, 2.45) is 0 Å². The maximum atomic E-state index is 0. The first-order valence-corrected chi connectivity index (χ1v) is 0. The summed E-state index contributed by atoms with van der Waals surface area (Å²) in [5, 5.41) is 0. The molecule has 0 amide bonds. The molecule has 2 N–H and O–H groups in total. The molecule has 0 aliphatic rings. The third-order valence-electron chi connectivity index (χ3n) is 0. The average molecular weight is 151 g/mol. The first kappa shape index (κ1) is 218. The molecule has 0 heterocycles. The van der Waals surface area contributed by atoms with Crippen LogP contribution in [0.4, 0.5) is 0 Å². The van der Waals surface area contributed by atoms with Gasteiger partial charge >= 0.3 is 19.5 Å². The summed E-state index contributed by atoms with van der Waals surface area (Å²) in [5.74, 6) is 0. The Morgan fingerprint density at radius 3 is 0.750 bits per heavy atom. The topological polar surface area (TPSA) is 88.5 Å². The van der Waals surface area contributed by atoms with Crippen LogP contribution in [0.3, 0.4) is 0 Å². The zero-order valence-corrected chi connectivity index (χ0v) is 3.39. The molecular formula is H2O3Ru. The minimum Gasteiger partial charge on any atom is -2.00 e. The zero-order valence-electron chi connectivity index (χ0n) is 1.66. The minimum atomic E-state index is 0. The summed E-state index contributed by atoms with van der Waals surface area (Å²) in [6.07, 6.45) is 0. The third-order valence-corrected chi connectivity index (χ3v) is 0. The fraction of sp³-hybridized carbons (Fsp3) is 0. The third kappa shape index (κ3) is 22.3. The van der Waals surface area contributed by atoms with Crippen molar-refractivity contribution in [1.82, 2.24) is 0 Å². The van der Waals surface area contributed by atoms with E-state index in [1.54, 1.807) is 0 Å². The van der Waals surface area contributed by atoms with Crippen LogP contribution in [0.5, 0.6) is 0 Å². The maximum absolute atomic E-state index is 0. The van der Waals surface area contributed by atoms with E-state index in [4.69, 9.17) is 0 Å². The molecule has 0 aliphatic carbocycles. The fourth-order valence-corrected chi connectivity index (χ4v) is 0. The molecular weight excluding hydrogens is 149 g/mol. The molecule has 0 aromatic rings. The molecule has 0 bridgehead atoms. The molecule has 0 spiro atoms. The van der Waals surface area contributed by atoms with Crippen LogP contribution in [0.2, 0.25) is 0 Å². The van der Waals surface area contributed by atoms with Gasteiger partial charge in [-0.3, -0.25) is 0 Å². The Labute approximate surface area is 36.7 Å². The van der Waals surface area contributed by atoms with Gasteiger partial charge in [-0.1, -0.05) is 0 Å². The second-order valence-electron chi connectivity index (χ2n) is 0. The predicted octanol–water partition coefficient (Wildman–Crippen LogP) is -0.475. The van der Waals surface area contributed by atoms with Crippen molar-refractivity contribution in [2.45, 2.75) is 0 Å². The van der Waals surface area contributed by atoms with E-state index in [9.17, 15) is 0 Å². The Bertz CT molecular complexity index is 3.25. The number of hydrogen-bond acceptors (Lipinski definition) is 2. The van der Waals surface area contributed by atoms with Crippen LogP contribution >= 0.6 is 0 Å². The van der Waals surface area contributed by atoms with Crippen molar-refractivity contribution >= 4 is 0 Å². The van der Waals surface area contributed by atoms with E-state index in [1.807, 2.05) is 0 Å². The Morgan fingerprint density at radius 1 is 0.750 bits per heavy atom. The summed E-state index contributed by atoms with van der Waals surface area (Å²) in [5.41, 5.74) is 0. The van der Waals surface area contributed by atoms with E-state index in [1.165, 1.54) is 0 Å². The van der Waals surface area contributed by atoms with Crippen LogP contribution in [-0.4, -0.2) is 11.0 Å². The van der Waals surface area contributed by atoms with E-state index < -0.39 is 0 Å². The normalized spacial score (nSPS) is 0. The van der Waals surface area contributed by atoms with Gasteiger partial charge < -0.3 is 16.4 Å². The minimum absolute atomic E-state index is 0. The number of rotatable bonds is 0. The zero-order chi connectivity index (χ0) is 0. The molecule has 3 nitrogen and oxygen atoms in total. The van der Waals surface area contributed by atoms with Crippen LogP contribution in [0.15, 0.2) is 0 Å². The fourth-order valence-electron chi connectivity index (χ4n) is 0. The van der Waals surface area contributed by atoms with Crippen molar-refractivity contribution in [2.75, 3.05) is 0 Å². The van der Waals surface area contributed by atoms with E-state index >= 15 is 0 Å². The summed E-state index contributed by atoms with van der Waals surface area (Å²) in [6.45, 7) is 0. The Morgan fingerprint density at radius 2 is 0.750 bits per heavy atom. The molecule has 4 heteroatoms. The molecule has 0 unspecified atom stereocenters. The summed E-state index contributed by atoms with van der Waals surface area (Å²) in [7, 11) is 0. The van der Waals surface area contributed by atoms with Crippen LogP contribution in [0, 0.1) is 0 Å². The van der Waals surface area contributed by atoms with Gasteiger partial charge in [0.15, 0.2) is 0 Å². The molecule has 28 valence electrons. The molecule has 0 rings (SSSR count). The SMILES string of the molecule is [O-2].[OH-].[OH-].[Ru+4]. The molecule has 0 aromatic carbocycles. The van der Waals surface area contributed by atoms with Crippen LogP contribution in [0.25, 0.3) is 0 Å². The second kappa shape index (κ2) is 86.6. The first-order chi connectivity index (χ1) is 0.